The second-order valence-corrected chi connectivity index (χ2v) is 8.27. The molecule has 3 aliphatic heterocycles. The Bertz CT molecular complexity index is 1050. The topological polar surface area (TPSA) is 88.2 Å². The molecule has 2 saturated heterocycles. The first kappa shape index (κ1) is 20.4. The highest BCUT2D eigenvalue weighted by Gasteiger charge is 2.35. The van der Waals surface area contributed by atoms with Crippen molar-refractivity contribution in [2.24, 2.45) is 5.92 Å². The van der Waals surface area contributed by atoms with Crippen LogP contribution >= 0.6 is 0 Å². The molecule has 166 valence electrons. The molecule has 3 heterocycles. The fourth-order valence-electron chi connectivity index (χ4n) is 4.38. The van der Waals surface area contributed by atoms with Crippen molar-refractivity contribution in [2.75, 3.05) is 36.1 Å². The molecular weight excluding hydrogens is 410 g/mol. The molecule has 2 fully saturated rings. The van der Waals surface area contributed by atoms with Gasteiger partial charge in [-0.3, -0.25) is 14.4 Å². The van der Waals surface area contributed by atoms with Gasteiger partial charge in [0.05, 0.1) is 5.92 Å². The van der Waals surface area contributed by atoms with Crippen molar-refractivity contribution in [3.8, 4) is 11.5 Å². The van der Waals surface area contributed by atoms with Gasteiger partial charge in [-0.15, -0.1) is 0 Å². The minimum Gasteiger partial charge on any atom is -0.486 e. The average Bonchev–Trinajstić information content (AvgIpc) is 3.43. The van der Waals surface area contributed by atoms with Crippen molar-refractivity contribution in [1.29, 1.82) is 0 Å². The molecule has 0 saturated carbocycles. The third kappa shape index (κ3) is 4.00. The van der Waals surface area contributed by atoms with Gasteiger partial charge in [-0.1, -0.05) is 12.1 Å². The molecule has 8 nitrogen and oxygen atoms in total. The van der Waals surface area contributed by atoms with E-state index in [0.29, 0.717) is 49.9 Å². The first-order valence-electron chi connectivity index (χ1n) is 11.0. The van der Waals surface area contributed by atoms with Crippen molar-refractivity contribution in [3.63, 3.8) is 0 Å². The smallest absolute Gasteiger partial charge is 0.227 e. The molecule has 0 aromatic heterocycles. The van der Waals surface area contributed by atoms with Crippen molar-refractivity contribution in [3.05, 3.63) is 48.0 Å². The number of benzene rings is 2. The van der Waals surface area contributed by atoms with Gasteiger partial charge in [0.25, 0.3) is 0 Å². The van der Waals surface area contributed by atoms with Crippen LogP contribution in [0.2, 0.25) is 0 Å². The van der Waals surface area contributed by atoms with E-state index in [0.717, 1.165) is 24.2 Å². The molecule has 0 radical (unpaired) electrons. The van der Waals surface area contributed by atoms with Crippen LogP contribution in [0.1, 0.15) is 24.8 Å². The van der Waals surface area contributed by atoms with Gasteiger partial charge in [-0.05, 0) is 36.2 Å². The number of hydrogen-bond acceptors (Lipinski definition) is 5. The third-order valence-corrected chi connectivity index (χ3v) is 6.12. The van der Waals surface area contributed by atoms with Gasteiger partial charge in [0.1, 0.15) is 13.2 Å². The summed E-state index contributed by atoms with van der Waals surface area (Å²) in [4.78, 5) is 40.6. The number of carbonyl (C=O) groups excluding carboxylic acids is 3. The zero-order chi connectivity index (χ0) is 22.1. The Hall–Kier alpha value is -3.55. The molecular formula is C24H25N3O5. The van der Waals surface area contributed by atoms with Crippen molar-refractivity contribution >= 4 is 29.1 Å². The number of anilines is 2. The van der Waals surface area contributed by atoms with E-state index < -0.39 is 5.92 Å². The third-order valence-electron chi connectivity index (χ3n) is 6.12. The van der Waals surface area contributed by atoms with Crippen LogP contribution in [-0.4, -0.2) is 44.0 Å². The maximum absolute atomic E-state index is 12.7. The fraction of sp³-hybridized carbons (Fsp3) is 0.375. The Kier molecular flexibility index (Phi) is 5.43. The highest BCUT2D eigenvalue weighted by atomic mass is 16.6. The van der Waals surface area contributed by atoms with Gasteiger partial charge in [0.2, 0.25) is 17.7 Å². The number of ether oxygens (including phenoxy) is 2. The average molecular weight is 435 g/mol. The van der Waals surface area contributed by atoms with Crippen LogP contribution < -0.4 is 24.6 Å². The standard InChI is InChI=1S/C24H25N3O5/c28-22-2-1-9-26(22)18-5-3-16(4-6-18)14-25-24(30)17-12-23(29)27(15-17)19-7-8-20-21(13-19)32-11-10-31-20/h3-8,13,17H,1-2,9-12,14-15H2,(H,25,30). The maximum atomic E-state index is 12.7. The van der Waals surface area contributed by atoms with E-state index in [1.165, 1.54) is 0 Å². The van der Waals surface area contributed by atoms with Gasteiger partial charge < -0.3 is 24.6 Å². The molecule has 0 bridgehead atoms. The van der Waals surface area contributed by atoms with E-state index in [1.54, 1.807) is 21.9 Å². The van der Waals surface area contributed by atoms with E-state index >= 15 is 0 Å². The Morgan fingerprint density at radius 3 is 2.44 bits per heavy atom. The molecule has 2 aromatic rings. The lowest BCUT2D eigenvalue weighted by Crippen LogP contribution is -2.32. The summed E-state index contributed by atoms with van der Waals surface area (Å²) < 4.78 is 11.1. The molecule has 32 heavy (non-hydrogen) atoms. The normalized spacial score (nSPS) is 20.1. The summed E-state index contributed by atoms with van der Waals surface area (Å²) in [6.45, 7) is 2.45. The quantitative estimate of drug-likeness (QED) is 0.778. The zero-order valence-corrected chi connectivity index (χ0v) is 17.7. The predicted octanol–water partition coefficient (Wildman–Crippen LogP) is 2.25. The molecule has 3 aliphatic rings. The van der Waals surface area contributed by atoms with Crippen molar-refractivity contribution in [1.82, 2.24) is 5.32 Å². The number of nitrogens with zero attached hydrogens (tertiary/aromatic N) is 2. The highest BCUT2D eigenvalue weighted by Crippen LogP contribution is 2.36. The van der Waals surface area contributed by atoms with Gasteiger partial charge in [0.15, 0.2) is 11.5 Å². The Labute approximate surface area is 186 Å². The largest absolute Gasteiger partial charge is 0.486 e. The van der Waals surface area contributed by atoms with Crippen LogP contribution in [0, 0.1) is 5.92 Å². The van der Waals surface area contributed by atoms with Crippen LogP contribution in [-0.2, 0) is 20.9 Å². The summed E-state index contributed by atoms with van der Waals surface area (Å²) in [5.74, 6) is 0.810. The van der Waals surface area contributed by atoms with Crippen molar-refractivity contribution < 1.29 is 23.9 Å². The fourth-order valence-corrected chi connectivity index (χ4v) is 4.38. The predicted molar refractivity (Wildman–Crippen MR) is 118 cm³/mol. The van der Waals surface area contributed by atoms with Crippen LogP contribution in [0.4, 0.5) is 11.4 Å². The lowest BCUT2D eigenvalue weighted by atomic mass is 10.1. The van der Waals surface area contributed by atoms with E-state index in [2.05, 4.69) is 5.32 Å². The first-order valence-corrected chi connectivity index (χ1v) is 11.0. The number of amides is 3. The molecule has 1 unspecified atom stereocenters. The first-order chi connectivity index (χ1) is 15.6. The van der Waals surface area contributed by atoms with Gasteiger partial charge in [-0.25, -0.2) is 0 Å². The zero-order valence-electron chi connectivity index (χ0n) is 17.7. The molecule has 3 amide bonds. The summed E-state index contributed by atoms with van der Waals surface area (Å²) >= 11 is 0. The van der Waals surface area contributed by atoms with E-state index in [-0.39, 0.29) is 24.1 Å². The Morgan fingerprint density at radius 2 is 1.69 bits per heavy atom. The number of rotatable bonds is 5. The molecule has 5 rings (SSSR count). The summed E-state index contributed by atoms with van der Waals surface area (Å²) in [6, 6.07) is 13.1. The maximum Gasteiger partial charge on any atom is 0.227 e. The summed E-state index contributed by atoms with van der Waals surface area (Å²) in [7, 11) is 0. The molecule has 1 atom stereocenters. The number of carbonyl (C=O) groups is 3. The second-order valence-electron chi connectivity index (χ2n) is 8.27. The van der Waals surface area contributed by atoms with E-state index in [1.807, 2.05) is 30.3 Å². The molecule has 8 heteroatoms. The lowest BCUT2D eigenvalue weighted by molar-refractivity contribution is -0.126. The summed E-state index contributed by atoms with van der Waals surface area (Å²) in [5, 5.41) is 2.94. The molecule has 0 spiro atoms. The molecule has 0 aliphatic carbocycles. The second kappa shape index (κ2) is 8.53. The number of fused-ring (bicyclic) bond motifs is 1. The highest BCUT2D eigenvalue weighted by molar-refractivity contribution is 6.00. The number of nitrogens with one attached hydrogen (secondary N) is 1. The SMILES string of the molecule is O=C(NCc1ccc(N2CCCC2=O)cc1)C1CC(=O)N(c2ccc3c(c2)OCCO3)C1. The van der Waals surface area contributed by atoms with Crippen LogP contribution in [0.5, 0.6) is 11.5 Å². The monoisotopic (exact) mass is 435 g/mol. The minimum absolute atomic E-state index is 0.0820. The molecule has 1 N–H and O–H groups in total. The number of hydrogen-bond donors (Lipinski definition) is 1. The molecule has 2 aromatic carbocycles. The van der Waals surface area contributed by atoms with Gasteiger partial charge in [0, 0.05) is 49.9 Å². The van der Waals surface area contributed by atoms with Crippen LogP contribution in [0.15, 0.2) is 42.5 Å². The van der Waals surface area contributed by atoms with Crippen LogP contribution in [0.25, 0.3) is 0 Å². The van der Waals surface area contributed by atoms with Crippen molar-refractivity contribution in [2.45, 2.75) is 25.8 Å². The van der Waals surface area contributed by atoms with Gasteiger partial charge in [-0.2, -0.15) is 0 Å². The Morgan fingerprint density at radius 1 is 0.938 bits per heavy atom. The van der Waals surface area contributed by atoms with Gasteiger partial charge >= 0.3 is 0 Å². The minimum atomic E-state index is -0.405. The summed E-state index contributed by atoms with van der Waals surface area (Å²) in [6.07, 6.45) is 1.66. The Balaban J connectivity index is 1.18. The van der Waals surface area contributed by atoms with E-state index in [9.17, 15) is 14.4 Å². The van der Waals surface area contributed by atoms with Crippen LogP contribution in [0.3, 0.4) is 0 Å². The summed E-state index contributed by atoms with van der Waals surface area (Å²) in [5.41, 5.74) is 2.54. The lowest BCUT2D eigenvalue weighted by Gasteiger charge is -2.22. The van der Waals surface area contributed by atoms with E-state index in [4.69, 9.17) is 9.47 Å².